The largest absolute Gasteiger partial charge is 0.493 e. The minimum atomic E-state index is 0.0243. The number of benzene rings is 2. The lowest BCUT2D eigenvalue weighted by atomic mass is 9.82. The van der Waals surface area contributed by atoms with E-state index in [1.165, 1.54) is 0 Å². The summed E-state index contributed by atoms with van der Waals surface area (Å²) in [6.07, 6.45) is 2.82. The second kappa shape index (κ2) is 7.26. The van der Waals surface area contributed by atoms with Crippen molar-refractivity contribution >= 4 is 11.6 Å². The molecule has 2 aromatic heterocycles. The molecule has 0 spiro atoms. The molecule has 0 radical (unpaired) electrons. The van der Waals surface area contributed by atoms with Crippen molar-refractivity contribution in [1.29, 1.82) is 0 Å². The Balaban J connectivity index is 1.52. The maximum atomic E-state index is 12.9. The molecule has 2 heterocycles. The van der Waals surface area contributed by atoms with Gasteiger partial charge in [0.25, 0.3) is 5.78 Å². The Labute approximate surface area is 173 Å². The van der Waals surface area contributed by atoms with E-state index in [0.29, 0.717) is 41.5 Å². The van der Waals surface area contributed by atoms with Crippen molar-refractivity contribution in [3.05, 3.63) is 71.5 Å². The quantitative estimate of drug-likeness (QED) is 0.520. The van der Waals surface area contributed by atoms with E-state index in [9.17, 15) is 4.79 Å². The molecule has 0 saturated heterocycles. The number of nitrogens with zero attached hydrogens (tertiary/aromatic N) is 4. The van der Waals surface area contributed by atoms with Gasteiger partial charge in [0, 0.05) is 18.2 Å². The van der Waals surface area contributed by atoms with Gasteiger partial charge in [-0.3, -0.25) is 4.79 Å². The first kappa shape index (κ1) is 18.3. The lowest BCUT2D eigenvalue weighted by Gasteiger charge is -2.23. The predicted octanol–water partition coefficient (Wildman–Crippen LogP) is 3.72. The first-order chi connectivity index (χ1) is 14.7. The number of methoxy groups -OCH3 is 2. The van der Waals surface area contributed by atoms with Gasteiger partial charge in [0.15, 0.2) is 23.1 Å². The van der Waals surface area contributed by atoms with Gasteiger partial charge >= 0.3 is 0 Å². The van der Waals surface area contributed by atoms with E-state index in [2.05, 4.69) is 15.1 Å². The molecule has 7 nitrogen and oxygen atoms in total. The summed E-state index contributed by atoms with van der Waals surface area (Å²) >= 11 is 0. The summed E-state index contributed by atoms with van der Waals surface area (Å²) in [7, 11) is 3.21. The highest BCUT2D eigenvalue weighted by Gasteiger charge is 2.29. The van der Waals surface area contributed by atoms with E-state index in [1.54, 1.807) is 24.9 Å². The van der Waals surface area contributed by atoms with E-state index >= 15 is 0 Å². The predicted molar refractivity (Wildman–Crippen MR) is 111 cm³/mol. The average Bonchev–Trinajstić information content (AvgIpc) is 3.21. The van der Waals surface area contributed by atoms with Crippen molar-refractivity contribution in [3.63, 3.8) is 0 Å². The van der Waals surface area contributed by atoms with Crippen LogP contribution in [0, 0.1) is 0 Å². The summed E-state index contributed by atoms with van der Waals surface area (Å²) < 4.78 is 12.3. The molecule has 30 heavy (non-hydrogen) atoms. The van der Waals surface area contributed by atoms with Crippen LogP contribution in [-0.4, -0.2) is 39.6 Å². The number of hydrogen-bond donors (Lipinski definition) is 0. The Morgan fingerprint density at radius 3 is 2.53 bits per heavy atom. The first-order valence-electron chi connectivity index (χ1n) is 9.73. The molecule has 1 unspecified atom stereocenters. The van der Waals surface area contributed by atoms with Gasteiger partial charge < -0.3 is 9.47 Å². The number of hydrogen-bond acceptors (Lipinski definition) is 6. The van der Waals surface area contributed by atoms with Gasteiger partial charge in [0.2, 0.25) is 0 Å². The number of Topliss-reactive ketones (excluding diaryl/α,β-unsaturated/α-hetero) is 1. The van der Waals surface area contributed by atoms with Crippen LogP contribution in [0.4, 0.5) is 0 Å². The molecule has 0 bridgehead atoms. The van der Waals surface area contributed by atoms with Crippen molar-refractivity contribution in [2.24, 2.45) is 0 Å². The monoisotopic (exact) mass is 400 g/mol. The van der Waals surface area contributed by atoms with Crippen LogP contribution in [0.3, 0.4) is 0 Å². The second-order valence-electron chi connectivity index (χ2n) is 7.29. The van der Waals surface area contributed by atoms with E-state index < -0.39 is 0 Å². The van der Waals surface area contributed by atoms with Crippen molar-refractivity contribution in [2.75, 3.05) is 14.2 Å². The summed E-state index contributed by atoms with van der Waals surface area (Å²) in [6.45, 7) is 0. The molecule has 1 atom stereocenters. The highest BCUT2D eigenvalue weighted by Crippen LogP contribution is 2.36. The molecular weight excluding hydrogens is 380 g/mol. The number of aromatic nitrogens is 4. The molecule has 0 fully saturated rings. The first-order valence-corrected chi connectivity index (χ1v) is 9.73. The average molecular weight is 400 g/mol. The summed E-state index contributed by atoms with van der Waals surface area (Å²) in [5.41, 5.74) is 3.31. The number of ketones is 1. The highest BCUT2D eigenvalue weighted by atomic mass is 16.5. The van der Waals surface area contributed by atoms with Gasteiger partial charge in [-0.25, -0.2) is 9.50 Å². The molecule has 5 rings (SSSR count). The van der Waals surface area contributed by atoms with E-state index in [-0.39, 0.29) is 11.7 Å². The number of carbonyl (C=O) groups excluding carboxylic acids is 1. The summed E-state index contributed by atoms with van der Waals surface area (Å²) in [5.74, 6) is 2.49. The Hall–Kier alpha value is -3.74. The minimum absolute atomic E-state index is 0.0243. The van der Waals surface area contributed by atoms with Gasteiger partial charge in [-0.05, 0) is 30.0 Å². The van der Waals surface area contributed by atoms with Crippen LogP contribution in [0.15, 0.2) is 54.7 Å². The van der Waals surface area contributed by atoms with Gasteiger partial charge in [-0.2, -0.15) is 4.98 Å². The Morgan fingerprint density at radius 2 is 1.77 bits per heavy atom. The molecule has 0 saturated carbocycles. The van der Waals surface area contributed by atoms with Gasteiger partial charge in [0.05, 0.1) is 25.5 Å². The molecular formula is C23H20N4O3. The van der Waals surface area contributed by atoms with Gasteiger partial charge in [-0.15, -0.1) is 5.10 Å². The van der Waals surface area contributed by atoms with E-state index in [0.717, 1.165) is 16.8 Å². The molecule has 150 valence electrons. The molecule has 7 heteroatoms. The maximum Gasteiger partial charge on any atom is 0.252 e. The standard InChI is InChI=1S/C23H20N4O3/c1-29-20-9-8-15(12-21(20)30-2)16-10-18-17(19(28)11-16)13-27-23(24-18)25-22(26-27)14-6-4-3-5-7-14/h3-9,12-13,16H,10-11H2,1-2H3. The molecule has 0 aliphatic heterocycles. The molecule has 0 amide bonds. The molecule has 0 N–H and O–H groups in total. The third kappa shape index (κ3) is 3.08. The van der Waals surface area contributed by atoms with Crippen molar-refractivity contribution < 1.29 is 14.3 Å². The number of fused-ring (bicyclic) bond motifs is 2. The van der Waals surface area contributed by atoms with Gasteiger partial charge in [-0.1, -0.05) is 36.4 Å². The fraction of sp³-hybridized carbons (Fsp3) is 0.217. The lowest BCUT2D eigenvalue weighted by Crippen LogP contribution is -2.21. The Morgan fingerprint density at radius 1 is 0.967 bits per heavy atom. The van der Waals surface area contributed by atoms with Crippen LogP contribution in [0.2, 0.25) is 0 Å². The van der Waals surface area contributed by atoms with Crippen LogP contribution < -0.4 is 9.47 Å². The van der Waals surface area contributed by atoms with Crippen LogP contribution in [-0.2, 0) is 6.42 Å². The Bertz CT molecular complexity index is 1250. The molecule has 2 aromatic carbocycles. The van der Waals surface area contributed by atoms with E-state index in [1.807, 2.05) is 48.5 Å². The SMILES string of the molecule is COc1ccc(C2CC(=O)c3cn4nc(-c5ccccc5)nc4nc3C2)cc1OC. The zero-order valence-electron chi connectivity index (χ0n) is 16.7. The number of carbonyl (C=O) groups is 1. The smallest absolute Gasteiger partial charge is 0.252 e. The fourth-order valence-corrected chi connectivity index (χ4v) is 3.94. The normalized spacial score (nSPS) is 15.8. The van der Waals surface area contributed by atoms with Crippen LogP contribution in [0.25, 0.3) is 17.2 Å². The minimum Gasteiger partial charge on any atom is -0.493 e. The van der Waals surface area contributed by atoms with E-state index in [4.69, 9.17) is 9.47 Å². The van der Waals surface area contributed by atoms with Crippen LogP contribution in [0.1, 0.15) is 34.0 Å². The lowest BCUT2D eigenvalue weighted by molar-refractivity contribution is 0.0962. The third-order valence-electron chi connectivity index (χ3n) is 5.49. The number of ether oxygens (including phenoxy) is 2. The summed E-state index contributed by atoms with van der Waals surface area (Å²) in [4.78, 5) is 22.1. The maximum absolute atomic E-state index is 12.9. The van der Waals surface area contributed by atoms with Crippen molar-refractivity contribution in [1.82, 2.24) is 19.6 Å². The highest BCUT2D eigenvalue weighted by molar-refractivity contribution is 5.98. The third-order valence-corrected chi connectivity index (χ3v) is 5.49. The fourth-order valence-electron chi connectivity index (χ4n) is 3.94. The zero-order chi connectivity index (χ0) is 20.7. The summed E-state index contributed by atoms with van der Waals surface area (Å²) in [6, 6.07) is 15.5. The molecule has 1 aliphatic carbocycles. The second-order valence-corrected chi connectivity index (χ2v) is 7.29. The van der Waals surface area contributed by atoms with Gasteiger partial charge in [0.1, 0.15) is 0 Å². The van der Waals surface area contributed by atoms with Crippen LogP contribution in [0.5, 0.6) is 11.5 Å². The van der Waals surface area contributed by atoms with Crippen molar-refractivity contribution in [3.8, 4) is 22.9 Å². The zero-order valence-corrected chi connectivity index (χ0v) is 16.7. The topological polar surface area (TPSA) is 78.6 Å². The van der Waals surface area contributed by atoms with Crippen molar-refractivity contribution in [2.45, 2.75) is 18.8 Å². The Kier molecular flexibility index (Phi) is 4.43. The van der Waals surface area contributed by atoms with Crippen LogP contribution >= 0.6 is 0 Å². The number of rotatable bonds is 4. The molecule has 4 aromatic rings. The summed E-state index contributed by atoms with van der Waals surface area (Å²) in [5, 5.41) is 4.50. The molecule has 1 aliphatic rings.